The predicted molar refractivity (Wildman–Crippen MR) is 59.7 cm³/mol. The summed E-state index contributed by atoms with van der Waals surface area (Å²) in [4.78, 5) is 10.3. The van der Waals surface area contributed by atoms with Gasteiger partial charge in [-0.1, -0.05) is 28.1 Å². The minimum absolute atomic E-state index is 0.159. The van der Waals surface area contributed by atoms with Crippen molar-refractivity contribution in [2.75, 3.05) is 0 Å². The van der Waals surface area contributed by atoms with Gasteiger partial charge in [0.15, 0.2) is 0 Å². The van der Waals surface area contributed by atoms with Gasteiger partial charge < -0.3 is 5.11 Å². The van der Waals surface area contributed by atoms with Gasteiger partial charge in [0.25, 0.3) is 0 Å². The minimum atomic E-state index is -0.775. The van der Waals surface area contributed by atoms with Crippen molar-refractivity contribution >= 4 is 33.5 Å². The molecule has 1 rings (SSSR count). The fourth-order valence-electron chi connectivity index (χ4n) is 1.11. The topological polar surface area (TPSA) is 37.3 Å². The van der Waals surface area contributed by atoms with Gasteiger partial charge in [-0.05, 0) is 23.6 Å². The third-order valence-electron chi connectivity index (χ3n) is 1.89. The molecule has 0 saturated heterocycles. The number of aliphatic carboxylic acids is 1. The summed E-state index contributed by atoms with van der Waals surface area (Å²) in [6.07, 6.45) is 0.711. The number of halogens is 2. The van der Waals surface area contributed by atoms with E-state index in [4.69, 9.17) is 16.7 Å². The van der Waals surface area contributed by atoms with E-state index in [9.17, 15) is 4.79 Å². The number of carboxylic acid groups (broad SMARTS) is 1. The fraction of sp³-hybridized carbons (Fsp3) is 0.300. The molecule has 0 amide bonds. The molecule has 0 bridgehead atoms. The molecule has 76 valence electrons. The molecule has 1 N–H and O–H groups in total. The van der Waals surface area contributed by atoms with E-state index in [1.165, 1.54) is 0 Å². The molecule has 0 aliphatic rings. The van der Waals surface area contributed by atoms with Crippen LogP contribution in [0.1, 0.15) is 17.5 Å². The first-order valence-corrected chi connectivity index (χ1v) is 5.51. The van der Waals surface area contributed by atoms with Gasteiger partial charge in [-0.3, -0.25) is 4.79 Å². The number of hydrogen-bond acceptors (Lipinski definition) is 1. The molecule has 14 heavy (non-hydrogen) atoms. The normalized spacial score (nSPS) is 10.1. The highest BCUT2D eigenvalue weighted by Crippen LogP contribution is 2.20. The molecule has 4 heteroatoms. The molecule has 2 nitrogen and oxygen atoms in total. The van der Waals surface area contributed by atoms with Gasteiger partial charge in [-0.25, -0.2) is 0 Å². The summed E-state index contributed by atoms with van der Waals surface area (Å²) in [6.45, 7) is 0. The molecule has 0 fully saturated rings. The summed E-state index contributed by atoms with van der Waals surface area (Å²) in [7, 11) is 0. The molecule has 0 spiro atoms. The van der Waals surface area contributed by atoms with E-state index >= 15 is 0 Å². The Hall–Kier alpha value is -0.540. The van der Waals surface area contributed by atoms with Crippen molar-refractivity contribution in [2.24, 2.45) is 0 Å². The van der Waals surface area contributed by atoms with E-state index < -0.39 is 5.97 Å². The zero-order chi connectivity index (χ0) is 10.6. The van der Waals surface area contributed by atoms with Crippen molar-refractivity contribution in [3.63, 3.8) is 0 Å². The molecule has 0 aromatic heterocycles. The Balaban J connectivity index is 2.71. The van der Waals surface area contributed by atoms with Crippen molar-refractivity contribution in [2.45, 2.75) is 18.7 Å². The molecule has 0 saturated carbocycles. The number of carbonyl (C=O) groups is 1. The summed E-state index contributed by atoms with van der Waals surface area (Å²) in [6, 6.07) is 5.74. The van der Waals surface area contributed by atoms with Crippen molar-refractivity contribution in [3.8, 4) is 0 Å². The maximum absolute atomic E-state index is 10.3. The first kappa shape index (κ1) is 11.5. The lowest BCUT2D eigenvalue weighted by Gasteiger charge is -2.03. The Morgan fingerprint density at radius 1 is 1.50 bits per heavy atom. The Morgan fingerprint density at radius 3 is 2.71 bits per heavy atom. The predicted octanol–water partition coefficient (Wildman–Crippen LogP) is 3.21. The lowest BCUT2D eigenvalue weighted by Crippen LogP contribution is -1.97. The Labute approximate surface area is 96.0 Å². The number of aryl methyl sites for hydroxylation is 1. The van der Waals surface area contributed by atoms with E-state index in [0.717, 1.165) is 15.6 Å². The van der Waals surface area contributed by atoms with Crippen molar-refractivity contribution in [3.05, 3.63) is 33.8 Å². The van der Waals surface area contributed by atoms with E-state index in [1.54, 1.807) is 0 Å². The standard InChI is InChI=1S/C10H10BrClO2/c11-9-5-7(2-4-10(13)14)1-3-8(9)6-12/h1,3,5H,2,4,6H2,(H,13,14). The van der Waals surface area contributed by atoms with Crippen molar-refractivity contribution < 1.29 is 9.90 Å². The first-order valence-electron chi connectivity index (χ1n) is 4.18. The van der Waals surface area contributed by atoms with Crippen LogP contribution in [-0.2, 0) is 17.1 Å². The molecular formula is C10H10BrClO2. The zero-order valence-electron chi connectivity index (χ0n) is 7.46. The van der Waals surface area contributed by atoms with E-state index in [1.807, 2.05) is 18.2 Å². The lowest BCUT2D eigenvalue weighted by atomic mass is 10.1. The van der Waals surface area contributed by atoms with Crippen LogP contribution in [-0.4, -0.2) is 11.1 Å². The molecule has 0 atom stereocenters. The second-order valence-electron chi connectivity index (χ2n) is 2.95. The van der Waals surface area contributed by atoms with Crippen LogP contribution >= 0.6 is 27.5 Å². The van der Waals surface area contributed by atoms with Crippen molar-refractivity contribution in [1.29, 1.82) is 0 Å². The third-order valence-corrected chi connectivity index (χ3v) is 2.92. The Bertz CT molecular complexity index is 339. The van der Waals surface area contributed by atoms with Crippen LogP contribution in [0, 0.1) is 0 Å². The molecule has 0 aliphatic heterocycles. The average molecular weight is 278 g/mol. The minimum Gasteiger partial charge on any atom is -0.481 e. The van der Waals surface area contributed by atoms with Gasteiger partial charge in [0.05, 0.1) is 0 Å². The second kappa shape index (κ2) is 5.37. The highest BCUT2D eigenvalue weighted by Gasteiger charge is 2.02. The highest BCUT2D eigenvalue weighted by atomic mass is 79.9. The van der Waals surface area contributed by atoms with Crippen LogP contribution in [0.4, 0.5) is 0 Å². The van der Waals surface area contributed by atoms with Gasteiger partial charge in [-0.15, -0.1) is 11.6 Å². The summed E-state index contributed by atoms with van der Waals surface area (Å²) < 4.78 is 0.940. The molecule has 0 heterocycles. The first-order chi connectivity index (χ1) is 6.63. The summed E-state index contributed by atoms with van der Waals surface area (Å²) >= 11 is 9.07. The molecule has 0 radical (unpaired) electrons. The van der Waals surface area contributed by atoms with Gasteiger partial charge in [0.2, 0.25) is 0 Å². The van der Waals surface area contributed by atoms with Crippen LogP contribution in [0.25, 0.3) is 0 Å². The Kier molecular flexibility index (Phi) is 4.42. The van der Waals surface area contributed by atoms with Crippen LogP contribution in [0.2, 0.25) is 0 Å². The quantitative estimate of drug-likeness (QED) is 0.858. The zero-order valence-corrected chi connectivity index (χ0v) is 9.81. The van der Waals surface area contributed by atoms with E-state index in [2.05, 4.69) is 15.9 Å². The molecule has 1 aromatic rings. The monoisotopic (exact) mass is 276 g/mol. The number of alkyl halides is 1. The molecule has 0 unspecified atom stereocenters. The maximum Gasteiger partial charge on any atom is 0.303 e. The average Bonchev–Trinajstić information content (AvgIpc) is 2.15. The van der Waals surface area contributed by atoms with Crippen molar-refractivity contribution in [1.82, 2.24) is 0 Å². The number of rotatable bonds is 4. The smallest absolute Gasteiger partial charge is 0.303 e. The third kappa shape index (κ3) is 3.31. The second-order valence-corrected chi connectivity index (χ2v) is 4.07. The van der Waals surface area contributed by atoms with Gasteiger partial charge in [0.1, 0.15) is 0 Å². The van der Waals surface area contributed by atoms with Gasteiger partial charge in [0, 0.05) is 16.8 Å². The molecule has 1 aromatic carbocycles. The van der Waals surface area contributed by atoms with Gasteiger partial charge in [-0.2, -0.15) is 0 Å². The number of benzene rings is 1. The van der Waals surface area contributed by atoms with Crippen LogP contribution in [0.15, 0.2) is 22.7 Å². The van der Waals surface area contributed by atoms with E-state index in [0.29, 0.717) is 12.3 Å². The van der Waals surface area contributed by atoms with Crippen LogP contribution in [0.5, 0.6) is 0 Å². The SMILES string of the molecule is O=C(O)CCc1ccc(CCl)c(Br)c1. The van der Waals surface area contributed by atoms with Crippen LogP contribution < -0.4 is 0 Å². The fourth-order valence-corrected chi connectivity index (χ4v) is 2.07. The molecular weight excluding hydrogens is 267 g/mol. The summed E-state index contributed by atoms with van der Waals surface area (Å²) in [5.41, 5.74) is 2.03. The Morgan fingerprint density at radius 2 is 2.21 bits per heavy atom. The van der Waals surface area contributed by atoms with E-state index in [-0.39, 0.29) is 6.42 Å². The van der Waals surface area contributed by atoms with Crippen LogP contribution in [0.3, 0.4) is 0 Å². The highest BCUT2D eigenvalue weighted by molar-refractivity contribution is 9.10. The number of hydrogen-bond donors (Lipinski definition) is 1. The largest absolute Gasteiger partial charge is 0.481 e. The molecule has 0 aliphatic carbocycles. The number of carboxylic acids is 1. The maximum atomic E-state index is 10.3. The summed E-state index contributed by atoms with van der Waals surface area (Å²) in [5, 5.41) is 8.51. The lowest BCUT2D eigenvalue weighted by molar-refractivity contribution is -0.136. The summed E-state index contributed by atoms with van der Waals surface area (Å²) in [5.74, 6) is -0.317. The van der Waals surface area contributed by atoms with Gasteiger partial charge >= 0.3 is 5.97 Å².